The zero-order valence-corrected chi connectivity index (χ0v) is 12.1. The molecule has 0 spiro atoms. The first-order valence-corrected chi connectivity index (χ1v) is 6.80. The summed E-state index contributed by atoms with van der Waals surface area (Å²) in [5.74, 6) is -0.528. The van der Waals surface area contributed by atoms with Crippen LogP contribution < -0.4 is 10.1 Å². The minimum absolute atomic E-state index is 0.157. The second-order valence-electron chi connectivity index (χ2n) is 4.27. The fourth-order valence-electron chi connectivity index (χ4n) is 1.73. The quantitative estimate of drug-likeness (QED) is 0.828. The Kier molecular flexibility index (Phi) is 5.48. The number of nitrogens with one attached hydrogen (secondary N) is 1. The largest absolute Gasteiger partial charge is 0.492 e. The number of benzene rings is 1. The third-order valence-electron chi connectivity index (χ3n) is 2.67. The van der Waals surface area contributed by atoms with Crippen molar-refractivity contribution in [2.24, 2.45) is 0 Å². The molecule has 6 heteroatoms. The van der Waals surface area contributed by atoms with E-state index in [1.165, 1.54) is 12.3 Å². The molecule has 0 unspecified atom stereocenters. The summed E-state index contributed by atoms with van der Waals surface area (Å²) >= 11 is 0. The van der Waals surface area contributed by atoms with Gasteiger partial charge >= 0.3 is 5.97 Å². The molecule has 0 aliphatic carbocycles. The lowest BCUT2D eigenvalue weighted by molar-refractivity contribution is -0.119. The van der Waals surface area contributed by atoms with Crippen molar-refractivity contribution in [2.75, 3.05) is 18.5 Å². The molecule has 1 N–H and O–H groups in total. The molecule has 0 saturated heterocycles. The van der Waals surface area contributed by atoms with Gasteiger partial charge in [0.05, 0.1) is 12.3 Å². The lowest BCUT2D eigenvalue weighted by Gasteiger charge is -2.11. The predicted octanol–water partition coefficient (Wildman–Crippen LogP) is 2.28. The Balaban J connectivity index is 1.90. The third-order valence-corrected chi connectivity index (χ3v) is 2.67. The smallest absolute Gasteiger partial charge is 0.357 e. The Bertz CT molecular complexity index is 644. The molecule has 1 aromatic heterocycles. The number of para-hydroxylation sites is 2. The van der Waals surface area contributed by atoms with Gasteiger partial charge in [-0.25, -0.2) is 9.78 Å². The average molecular weight is 300 g/mol. The summed E-state index contributed by atoms with van der Waals surface area (Å²) in [5, 5.41) is 2.64. The molecule has 6 nitrogen and oxygen atoms in total. The van der Waals surface area contributed by atoms with Crippen LogP contribution in [-0.4, -0.2) is 30.1 Å². The number of rotatable bonds is 6. The molecule has 0 radical (unpaired) electrons. The molecule has 0 bridgehead atoms. The number of amides is 1. The molecule has 2 rings (SSSR count). The number of carbonyl (C=O) groups is 2. The van der Waals surface area contributed by atoms with E-state index in [4.69, 9.17) is 9.47 Å². The van der Waals surface area contributed by atoms with E-state index < -0.39 is 18.5 Å². The summed E-state index contributed by atoms with van der Waals surface area (Å²) in [6.45, 7) is 1.95. The number of nitrogens with zero attached hydrogens (tertiary/aromatic N) is 1. The van der Waals surface area contributed by atoms with E-state index in [0.717, 1.165) is 0 Å². The number of ether oxygens (including phenoxy) is 2. The fourth-order valence-corrected chi connectivity index (χ4v) is 1.73. The molecule has 114 valence electrons. The van der Waals surface area contributed by atoms with Crippen LogP contribution in [0.2, 0.25) is 0 Å². The third kappa shape index (κ3) is 4.31. The van der Waals surface area contributed by atoms with Gasteiger partial charge in [0.15, 0.2) is 6.61 Å². The second kappa shape index (κ2) is 7.78. The standard InChI is InChI=1S/C16H16N2O4/c1-2-21-14-9-4-3-7-12(14)18-15(19)11-22-16(20)13-8-5-6-10-17-13/h3-10H,2,11H2,1H3,(H,18,19). The summed E-state index contributed by atoms with van der Waals surface area (Å²) < 4.78 is 10.3. The number of hydrogen-bond acceptors (Lipinski definition) is 5. The molecule has 0 aliphatic heterocycles. The molecule has 1 heterocycles. The van der Waals surface area contributed by atoms with Crippen molar-refractivity contribution in [1.29, 1.82) is 0 Å². The molecule has 0 aliphatic rings. The monoisotopic (exact) mass is 300 g/mol. The van der Waals surface area contributed by atoms with Crippen molar-refractivity contribution in [2.45, 2.75) is 6.92 Å². The van der Waals surface area contributed by atoms with E-state index in [9.17, 15) is 9.59 Å². The van der Waals surface area contributed by atoms with Crippen LogP contribution >= 0.6 is 0 Å². The molecule has 2 aromatic rings. The van der Waals surface area contributed by atoms with Crippen LogP contribution in [0, 0.1) is 0 Å². The van der Waals surface area contributed by atoms with Gasteiger partial charge in [-0.2, -0.15) is 0 Å². The van der Waals surface area contributed by atoms with Gasteiger partial charge in [-0.1, -0.05) is 18.2 Å². The van der Waals surface area contributed by atoms with Crippen molar-refractivity contribution in [3.8, 4) is 5.75 Å². The van der Waals surface area contributed by atoms with Gasteiger partial charge < -0.3 is 14.8 Å². The van der Waals surface area contributed by atoms with Gasteiger partial charge in [0.1, 0.15) is 11.4 Å². The topological polar surface area (TPSA) is 77.5 Å². The molecule has 1 amide bonds. The normalized spacial score (nSPS) is 9.86. The Morgan fingerprint density at radius 2 is 1.91 bits per heavy atom. The number of aromatic nitrogens is 1. The highest BCUT2D eigenvalue weighted by Crippen LogP contribution is 2.23. The molecule has 0 fully saturated rings. The van der Waals surface area contributed by atoms with Crippen LogP contribution in [0.25, 0.3) is 0 Å². The lowest BCUT2D eigenvalue weighted by atomic mass is 10.3. The number of anilines is 1. The Morgan fingerprint density at radius 3 is 2.64 bits per heavy atom. The highest BCUT2D eigenvalue weighted by Gasteiger charge is 2.12. The van der Waals surface area contributed by atoms with Crippen molar-refractivity contribution in [3.05, 3.63) is 54.4 Å². The Labute approximate surface area is 128 Å². The fraction of sp³-hybridized carbons (Fsp3) is 0.188. The number of pyridine rings is 1. The van der Waals surface area contributed by atoms with Gasteiger partial charge in [-0.15, -0.1) is 0 Å². The summed E-state index contributed by atoms with van der Waals surface area (Å²) in [6.07, 6.45) is 1.48. The predicted molar refractivity (Wildman–Crippen MR) is 80.8 cm³/mol. The average Bonchev–Trinajstić information content (AvgIpc) is 2.55. The van der Waals surface area contributed by atoms with E-state index in [0.29, 0.717) is 18.0 Å². The molecular formula is C16H16N2O4. The highest BCUT2D eigenvalue weighted by atomic mass is 16.5. The summed E-state index contributed by atoms with van der Waals surface area (Å²) in [5.41, 5.74) is 0.688. The maximum absolute atomic E-state index is 11.8. The van der Waals surface area contributed by atoms with E-state index in [1.807, 2.05) is 13.0 Å². The first-order valence-electron chi connectivity index (χ1n) is 6.80. The van der Waals surface area contributed by atoms with Crippen LogP contribution in [0.3, 0.4) is 0 Å². The minimum Gasteiger partial charge on any atom is -0.492 e. The van der Waals surface area contributed by atoms with Gasteiger partial charge in [0.25, 0.3) is 5.91 Å². The van der Waals surface area contributed by atoms with E-state index in [-0.39, 0.29) is 5.69 Å². The van der Waals surface area contributed by atoms with Gasteiger partial charge in [0, 0.05) is 6.20 Å². The van der Waals surface area contributed by atoms with E-state index >= 15 is 0 Å². The van der Waals surface area contributed by atoms with Crippen LogP contribution in [-0.2, 0) is 9.53 Å². The van der Waals surface area contributed by atoms with Crippen molar-refractivity contribution in [1.82, 2.24) is 4.98 Å². The molecule has 1 aromatic carbocycles. The molecule has 22 heavy (non-hydrogen) atoms. The number of hydrogen-bond donors (Lipinski definition) is 1. The Hall–Kier alpha value is -2.89. The Morgan fingerprint density at radius 1 is 1.14 bits per heavy atom. The first-order chi connectivity index (χ1) is 10.7. The number of esters is 1. The summed E-state index contributed by atoms with van der Waals surface area (Å²) in [7, 11) is 0. The second-order valence-corrected chi connectivity index (χ2v) is 4.27. The maximum Gasteiger partial charge on any atom is 0.357 e. The van der Waals surface area contributed by atoms with Crippen LogP contribution in [0.4, 0.5) is 5.69 Å². The highest BCUT2D eigenvalue weighted by molar-refractivity contribution is 5.95. The van der Waals surface area contributed by atoms with Crippen molar-refractivity contribution < 1.29 is 19.1 Å². The molecule has 0 atom stereocenters. The maximum atomic E-state index is 11.8. The van der Waals surface area contributed by atoms with E-state index in [2.05, 4.69) is 10.3 Å². The number of carbonyl (C=O) groups excluding carboxylic acids is 2. The minimum atomic E-state index is -0.645. The van der Waals surface area contributed by atoms with Gasteiger partial charge in [-0.05, 0) is 31.2 Å². The summed E-state index contributed by atoms with van der Waals surface area (Å²) in [4.78, 5) is 27.4. The van der Waals surface area contributed by atoms with Crippen LogP contribution in [0.1, 0.15) is 17.4 Å². The molecular weight excluding hydrogens is 284 g/mol. The zero-order chi connectivity index (χ0) is 15.8. The first kappa shape index (κ1) is 15.5. The van der Waals surface area contributed by atoms with E-state index in [1.54, 1.807) is 30.3 Å². The van der Waals surface area contributed by atoms with Gasteiger partial charge in [0.2, 0.25) is 0 Å². The SMILES string of the molecule is CCOc1ccccc1NC(=O)COC(=O)c1ccccn1. The van der Waals surface area contributed by atoms with Crippen LogP contribution in [0.15, 0.2) is 48.7 Å². The molecule has 0 saturated carbocycles. The van der Waals surface area contributed by atoms with Crippen molar-refractivity contribution in [3.63, 3.8) is 0 Å². The van der Waals surface area contributed by atoms with Gasteiger partial charge in [-0.3, -0.25) is 4.79 Å². The zero-order valence-electron chi connectivity index (χ0n) is 12.1. The summed E-state index contributed by atoms with van der Waals surface area (Å²) in [6, 6.07) is 11.9. The lowest BCUT2D eigenvalue weighted by Crippen LogP contribution is -2.21. The van der Waals surface area contributed by atoms with Crippen molar-refractivity contribution >= 4 is 17.6 Å². The van der Waals surface area contributed by atoms with Crippen LogP contribution in [0.5, 0.6) is 5.75 Å².